The predicted molar refractivity (Wildman–Crippen MR) is 89.7 cm³/mol. The van der Waals surface area contributed by atoms with Crippen LogP contribution in [0, 0.1) is 0 Å². The summed E-state index contributed by atoms with van der Waals surface area (Å²) in [6.07, 6.45) is 1.98. The van der Waals surface area contributed by atoms with E-state index in [9.17, 15) is 0 Å². The molecule has 21 heavy (non-hydrogen) atoms. The number of nitrogens with one attached hydrogen (secondary N) is 1. The number of anilines is 1. The first-order chi connectivity index (χ1) is 10.3. The predicted octanol–water partition coefficient (Wildman–Crippen LogP) is 4.94. The SMILES string of the molecule is CCCOc1ccc(NCc2cccs2)cc1OCCC. The average Bonchev–Trinajstić information content (AvgIpc) is 3.03. The normalized spacial score (nSPS) is 10.4. The molecule has 0 saturated carbocycles. The van der Waals surface area contributed by atoms with Crippen LogP contribution in [0.1, 0.15) is 31.6 Å². The molecule has 1 N–H and O–H groups in total. The van der Waals surface area contributed by atoms with Gasteiger partial charge < -0.3 is 14.8 Å². The van der Waals surface area contributed by atoms with Crippen LogP contribution in [-0.2, 0) is 6.54 Å². The lowest BCUT2D eigenvalue weighted by molar-refractivity contribution is 0.268. The summed E-state index contributed by atoms with van der Waals surface area (Å²) in [5, 5.41) is 5.51. The van der Waals surface area contributed by atoms with E-state index in [1.54, 1.807) is 11.3 Å². The quantitative estimate of drug-likeness (QED) is 0.712. The van der Waals surface area contributed by atoms with E-state index in [0.717, 1.165) is 36.6 Å². The summed E-state index contributed by atoms with van der Waals surface area (Å²) in [6.45, 7) is 6.45. The fourth-order valence-electron chi connectivity index (χ4n) is 1.88. The Morgan fingerprint density at radius 1 is 1.00 bits per heavy atom. The average molecular weight is 305 g/mol. The van der Waals surface area contributed by atoms with Crippen LogP contribution < -0.4 is 14.8 Å². The van der Waals surface area contributed by atoms with Crippen LogP contribution in [0.3, 0.4) is 0 Å². The molecule has 0 amide bonds. The summed E-state index contributed by atoms with van der Waals surface area (Å²) in [6, 6.07) is 10.2. The van der Waals surface area contributed by atoms with Crippen LogP contribution in [0.2, 0.25) is 0 Å². The Morgan fingerprint density at radius 3 is 2.43 bits per heavy atom. The third kappa shape index (κ3) is 4.97. The van der Waals surface area contributed by atoms with Crippen molar-refractivity contribution in [3.8, 4) is 11.5 Å². The maximum atomic E-state index is 5.80. The first-order valence-electron chi connectivity index (χ1n) is 7.49. The lowest BCUT2D eigenvalue weighted by Crippen LogP contribution is -2.03. The van der Waals surface area contributed by atoms with Gasteiger partial charge in [0.05, 0.1) is 13.2 Å². The van der Waals surface area contributed by atoms with Gasteiger partial charge in [0.2, 0.25) is 0 Å². The largest absolute Gasteiger partial charge is 0.490 e. The van der Waals surface area contributed by atoms with Gasteiger partial charge in [-0.2, -0.15) is 0 Å². The Labute approximate surface area is 130 Å². The van der Waals surface area contributed by atoms with Crippen molar-refractivity contribution in [2.24, 2.45) is 0 Å². The van der Waals surface area contributed by atoms with Crippen LogP contribution in [0.25, 0.3) is 0 Å². The van der Waals surface area contributed by atoms with Crippen LogP contribution in [0.4, 0.5) is 5.69 Å². The minimum absolute atomic E-state index is 0.705. The maximum absolute atomic E-state index is 5.80. The van der Waals surface area contributed by atoms with Gasteiger partial charge in [0.1, 0.15) is 0 Å². The molecule has 0 aliphatic rings. The van der Waals surface area contributed by atoms with Crippen LogP contribution >= 0.6 is 11.3 Å². The minimum atomic E-state index is 0.705. The molecule has 0 unspecified atom stereocenters. The molecule has 1 heterocycles. The molecule has 3 nitrogen and oxygen atoms in total. The van der Waals surface area contributed by atoms with E-state index in [4.69, 9.17) is 9.47 Å². The molecule has 0 aliphatic heterocycles. The number of benzene rings is 1. The van der Waals surface area contributed by atoms with Crippen molar-refractivity contribution in [2.45, 2.75) is 33.2 Å². The molecule has 2 rings (SSSR count). The van der Waals surface area contributed by atoms with Gasteiger partial charge in [-0.3, -0.25) is 0 Å². The van der Waals surface area contributed by atoms with Crippen molar-refractivity contribution < 1.29 is 9.47 Å². The molecule has 0 bridgehead atoms. The monoisotopic (exact) mass is 305 g/mol. The van der Waals surface area contributed by atoms with Gasteiger partial charge in [0.25, 0.3) is 0 Å². The Hall–Kier alpha value is -1.68. The summed E-state index contributed by atoms with van der Waals surface area (Å²) in [4.78, 5) is 1.32. The highest BCUT2D eigenvalue weighted by molar-refractivity contribution is 7.09. The molecule has 0 aliphatic carbocycles. The second-order valence-corrected chi connectivity index (χ2v) is 5.82. The molecule has 0 radical (unpaired) electrons. The van der Waals surface area contributed by atoms with E-state index in [-0.39, 0.29) is 0 Å². The third-order valence-corrected chi connectivity index (χ3v) is 3.79. The van der Waals surface area contributed by atoms with E-state index >= 15 is 0 Å². The number of thiophene rings is 1. The first kappa shape index (κ1) is 15.7. The van der Waals surface area contributed by atoms with Crippen molar-refractivity contribution in [3.63, 3.8) is 0 Å². The van der Waals surface area contributed by atoms with E-state index in [1.807, 2.05) is 18.2 Å². The van der Waals surface area contributed by atoms with E-state index in [1.165, 1.54) is 4.88 Å². The summed E-state index contributed by atoms with van der Waals surface area (Å²) in [5.41, 5.74) is 1.05. The molecule has 4 heteroatoms. The molecule has 1 aromatic carbocycles. The number of rotatable bonds is 9. The van der Waals surface area contributed by atoms with Crippen LogP contribution in [0.5, 0.6) is 11.5 Å². The Bertz CT molecular complexity index is 526. The third-order valence-electron chi connectivity index (χ3n) is 2.91. The number of ether oxygens (including phenoxy) is 2. The Kier molecular flexibility index (Phi) is 6.41. The zero-order chi connectivity index (χ0) is 14.9. The Morgan fingerprint density at radius 2 is 1.76 bits per heavy atom. The lowest BCUT2D eigenvalue weighted by atomic mass is 10.2. The van der Waals surface area contributed by atoms with E-state index < -0.39 is 0 Å². The van der Waals surface area contributed by atoms with Gasteiger partial charge >= 0.3 is 0 Å². The smallest absolute Gasteiger partial charge is 0.163 e. The maximum Gasteiger partial charge on any atom is 0.163 e. The van der Waals surface area contributed by atoms with Crippen molar-refractivity contribution in [1.82, 2.24) is 0 Å². The first-order valence-corrected chi connectivity index (χ1v) is 8.37. The molecule has 0 spiro atoms. The van der Waals surface area contributed by atoms with Gasteiger partial charge in [-0.25, -0.2) is 0 Å². The molecule has 0 saturated heterocycles. The van der Waals surface area contributed by atoms with Crippen LogP contribution in [-0.4, -0.2) is 13.2 Å². The van der Waals surface area contributed by atoms with Gasteiger partial charge in [-0.1, -0.05) is 19.9 Å². The fourth-order valence-corrected chi connectivity index (χ4v) is 2.52. The highest BCUT2D eigenvalue weighted by Gasteiger charge is 2.07. The molecule has 0 atom stereocenters. The standard InChI is InChI=1S/C17H23NO2S/c1-3-9-19-16-8-7-14(12-17(16)20-10-4-2)18-13-15-6-5-11-21-15/h5-8,11-12,18H,3-4,9-10,13H2,1-2H3. The molecule has 0 fully saturated rings. The van der Waals surface area contributed by atoms with Crippen molar-refractivity contribution >= 4 is 17.0 Å². The second-order valence-electron chi connectivity index (χ2n) is 4.79. The summed E-state index contributed by atoms with van der Waals surface area (Å²) in [7, 11) is 0. The minimum Gasteiger partial charge on any atom is -0.490 e. The number of hydrogen-bond donors (Lipinski definition) is 1. The van der Waals surface area contributed by atoms with E-state index in [2.05, 4.69) is 36.7 Å². The summed E-state index contributed by atoms with van der Waals surface area (Å²) < 4.78 is 11.5. The van der Waals surface area contributed by atoms with E-state index in [0.29, 0.717) is 13.2 Å². The van der Waals surface area contributed by atoms with Crippen molar-refractivity contribution in [3.05, 3.63) is 40.6 Å². The summed E-state index contributed by atoms with van der Waals surface area (Å²) in [5.74, 6) is 1.65. The zero-order valence-corrected chi connectivity index (χ0v) is 13.5. The second kappa shape index (κ2) is 8.57. The van der Waals surface area contributed by atoms with Crippen molar-refractivity contribution in [2.75, 3.05) is 18.5 Å². The van der Waals surface area contributed by atoms with Crippen LogP contribution in [0.15, 0.2) is 35.7 Å². The lowest BCUT2D eigenvalue weighted by Gasteiger charge is -2.14. The van der Waals surface area contributed by atoms with Gasteiger partial charge in [0, 0.05) is 23.2 Å². The molecular weight excluding hydrogens is 282 g/mol. The molecule has 2 aromatic rings. The van der Waals surface area contributed by atoms with Gasteiger partial charge in [-0.05, 0) is 36.4 Å². The molecule has 114 valence electrons. The van der Waals surface area contributed by atoms with Gasteiger partial charge in [0.15, 0.2) is 11.5 Å². The molecular formula is C17H23NO2S. The topological polar surface area (TPSA) is 30.5 Å². The Balaban J connectivity index is 2.03. The van der Waals surface area contributed by atoms with Crippen molar-refractivity contribution in [1.29, 1.82) is 0 Å². The molecule has 1 aromatic heterocycles. The fraction of sp³-hybridized carbons (Fsp3) is 0.412. The zero-order valence-electron chi connectivity index (χ0n) is 12.7. The highest BCUT2D eigenvalue weighted by Crippen LogP contribution is 2.31. The summed E-state index contributed by atoms with van der Waals surface area (Å²) >= 11 is 1.76. The highest BCUT2D eigenvalue weighted by atomic mass is 32.1. The number of hydrogen-bond acceptors (Lipinski definition) is 4. The van der Waals surface area contributed by atoms with Gasteiger partial charge in [-0.15, -0.1) is 11.3 Å².